The van der Waals surface area contributed by atoms with Crippen molar-refractivity contribution in [2.45, 2.75) is 19.3 Å². The van der Waals surface area contributed by atoms with Crippen molar-refractivity contribution >= 4 is 22.7 Å². The van der Waals surface area contributed by atoms with Crippen LogP contribution in [0, 0.1) is 6.92 Å². The van der Waals surface area contributed by atoms with Crippen molar-refractivity contribution in [2.75, 3.05) is 27.3 Å². The topological polar surface area (TPSA) is 113 Å². The van der Waals surface area contributed by atoms with Crippen LogP contribution < -0.4 is 15.2 Å². The molecule has 0 radical (unpaired) electrons. The summed E-state index contributed by atoms with van der Waals surface area (Å²) in [5.41, 5.74) is 7.66. The zero-order chi connectivity index (χ0) is 22.3. The Labute approximate surface area is 179 Å². The van der Waals surface area contributed by atoms with E-state index in [0.717, 1.165) is 17.3 Å². The van der Waals surface area contributed by atoms with Crippen molar-refractivity contribution in [2.24, 2.45) is 12.8 Å². The van der Waals surface area contributed by atoms with Crippen LogP contribution in [0.15, 0.2) is 24.4 Å². The number of hydrogen-bond acceptors (Lipinski definition) is 6. The van der Waals surface area contributed by atoms with E-state index >= 15 is 0 Å². The van der Waals surface area contributed by atoms with Crippen LogP contribution in [0.1, 0.15) is 44.7 Å². The predicted molar refractivity (Wildman–Crippen MR) is 115 cm³/mol. The zero-order valence-corrected chi connectivity index (χ0v) is 18.0. The first-order chi connectivity index (χ1) is 14.8. The lowest BCUT2D eigenvalue weighted by atomic mass is 10.1. The summed E-state index contributed by atoms with van der Waals surface area (Å²) in [7, 11) is 5.04. The van der Waals surface area contributed by atoms with E-state index < -0.39 is 5.91 Å². The van der Waals surface area contributed by atoms with Gasteiger partial charge in [-0.15, -0.1) is 0 Å². The van der Waals surface area contributed by atoms with E-state index in [-0.39, 0.29) is 11.8 Å². The predicted octanol–water partition coefficient (Wildman–Crippen LogP) is 2.02. The van der Waals surface area contributed by atoms with Gasteiger partial charge in [0.25, 0.3) is 11.8 Å². The van der Waals surface area contributed by atoms with E-state index in [4.69, 9.17) is 15.2 Å². The van der Waals surface area contributed by atoms with Crippen LogP contribution in [0.5, 0.6) is 11.5 Å². The minimum Gasteiger partial charge on any atom is -0.493 e. The third kappa shape index (κ3) is 3.45. The van der Waals surface area contributed by atoms with Crippen LogP contribution in [0.25, 0.3) is 10.9 Å². The van der Waals surface area contributed by atoms with E-state index in [1.165, 1.54) is 6.20 Å². The van der Waals surface area contributed by atoms with Gasteiger partial charge in [0.2, 0.25) is 0 Å². The number of methoxy groups -OCH3 is 2. The van der Waals surface area contributed by atoms with E-state index in [1.54, 1.807) is 21.1 Å². The Hall–Kier alpha value is -3.62. The Balaban J connectivity index is 1.60. The number of aryl methyl sites for hydroxylation is 2. The van der Waals surface area contributed by atoms with Crippen LogP contribution in [-0.4, -0.2) is 58.6 Å². The summed E-state index contributed by atoms with van der Waals surface area (Å²) in [6, 6.07) is 5.59. The van der Waals surface area contributed by atoms with Gasteiger partial charge < -0.3 is 24.7 Å². The largest absolute Gasteiger partial charge is 0.493 e. The summed E-state index contributed by atoms with van der Waals surface area (Å²) in [6.45, 7) is 2.85. The Morgan fingerprint density at radius 1 is 1.23 bits per heavy atom. The molecule has 3 aromatic rings. The summed E-state index contributed by atoms with van der Waals surface area (Å²) < 4.78 is 12.8. The first kappa shape index (κ1) is 20.6. The molecule has 0 unspecified atom stereocenters. The molecule has 1 aromatic carbocycles. The van der Waals surface area contributed by atoms with E-state index in [1.807, 2.05) is 34.7 Å². The van der Waals surface area contributed by atoms with Gasteiger partial charge in [0, 0.05) is 37.6 Å². The fourth-order valence-corrected chi connectivity index (χ4v) is 4.18. The maximum absolute atomic E-state index is 13.3. The van der Waals surface area contributed by atoms with Gasteiger partial charge in [-0.1, -0.05) is 0 Å². The highest BCUT2D eigenvalue weighted by molar-refractivity contribution is 6.01. The lowest BCUT2D eigenvalue weighted by molar-refractivity contribution is 0.0781. The monoisotopic (exact) mass is 423 g/mol. The van der Waals surface area contributed by atoms with Crippen LogP contribution in [0.2, 0.25) is 0 Å². The highest BCUT2D eigenvalue weighted by atomic mass is 16.5. The van der Waals surface area contributed by atoms with Crippen molar-refractivity contribution in [3.63, 3.8) is 0 Å². The Kier molecular flexibility index (Phi) is 5.26. The second kappa shape index (κ2) is 7.90. The van der Waals surface area contributed by atoms with E-state index in [2.05, 4.69) is 9.97 Å². The first-order valence-electron chi connectivity index (χ1n) is 9.98. The molecule has 2 amide bonds. The van der Waals surface area contributed by atoms with Crippen LogP contribution >= 0.6 is 0 Å². The summed E-state index contributed by atoms with van der Waals surface area (Å²) in [4.78, 5) is 35.3. The molecular formula is C22H25N5O4. The molecule has 9 heteroatoms. The second-order valence-corrected chi connectivity index (χ2v) is 7.65. The van der Waals surface area contributed by atoms with Crippen molar-refractivity contribution in [3.8, 4) is 11.5 Å². The number of primary amides is 1. The molecule has 2 N–H and O–H groups in total. The number of nitrogens with two attached hydrogens (primary N) is 1. The summed E-state index contributed by atoms with van der Waals surface area (Å²) in [5, 5.41) is 0.824. The molecule has 4 rings (SSSR count). The molecule has 1 saturated heterocycles. The van der Waals surface area contributed by atoms with Crippen molar-refractivity contribution in [1.82, 2.24) is 19.4 Å². The summed E-state index contributed by atoms with van der Waals surface area (Å²) in [5.74, 6) is 1.25. The first-order valence-corrected chi connectivity index (χ1v) is 9.98. The van der Waals surface area contributed by atoms with Crippen molar-refractivity contribution in [1.29, 1.82) is 0 Å². The standard InChI is InChI=1S/C22H25N5O4/c1-12-15(20(23)28)10-24-21(25-12)13-7-8-27(11-13)22(29)17-9-14-16(26(17)2)5-6-18(30-3)19(14)31-4/h5-6,9-10,13H,7-8,11H2,1-4H3,(H2,23,28)/t13-/m0/s1. The van der Waals surface area contributed by atoms with Crippen molar-refractivity contribution < 1.29 is 19.1 Å². The van der Waals surface area contributed by atoms with Crippen LogP contribution in [-0.2, 0) is 7.05 Å². The van der Waals surface area contributed by atoms with E-state index in [0.29, 0.717) is 47.4 Å². The third-order valence-corrected chi connectivity index (χ3v) is 5.89. The quantitative estimate of drug-likeness (QED) is 0.672. The molecule has 0 saturated carbocycles. The van der Waals surface area contributed by atoms with Gasteiger partial charge in [0.05, 0.1) is 31.0 Å². The molecule has 2 aromatic heterocycles. The Morgan fingerprint density at radius 3 is 2.65 bits per heavy atom. The minimum absolute atomic E-state index is 0.00823. The van der Waals surface area contributed by atoms with Crippen LogP contribution in [0.4, 0.5) is 0 Å². The maximum atomic E-state index is 13.3. The number of carbonyl (C=O) groups excluding carboxylic acids is 2. The van der Waals surface area contributed by atoms with Crippen molar-refractivity contribution in [3.05, 3.63) is 47.2 Å². The average Bonchev–Trinajstić information content (AvgIpc) is 3.37. The summed E-state index contributed by atoms with van der Waals surface area (Å²) >= 11 is 0. The maximum Gasteiger partial charge on any atom is 0.270 e. The third-order valence-electron chi connectivity index (χ3n) is 5.89. The smallest absolute Gasteiger partial charge is 0.270 e. The number of benzene rings is 1. The second-order valence-electron chi connectivity index (χ2n) is 7.65. The number of fused-ring (bicyclic) bond motifs is 1. The Bertz CT molecular complexity index is 1190. The molecule has 162 valence electrons. The van der Waals surface area contributed by atoms with Gasteiger partial charge in [-0.2, -0.15) is 0 Å². The lowest BCUT2D eigenvalue weighted by Crippen LogP contribution is -2.30. The van der Waals surface area contributed by atoms with Gasteiger partial charge in [-0.05, 0) is 31.5 Å². The fourth-order valence-electron chi connectivity index (χ4n) is 4.18. The van der Waals surface area contributed by atoms with E-state index in [9.17, 15) is 9.59 Å². The molecule has 1 atom stereocenters. The Morgan fingerprint density at radius 2 is 2.00 bits per heavy atom. The number of hydrogen-bond donors (Lipinski definition) is 1. The number of amides is 2. The highest BCUT2D eigenvalue weighted by Crippen LogP contribution is 2.37. The van der Waals surface area contributed by atoms with Gasteiger partial charge in [-0.3, -0.25) is 9.59 Å². The lowest BCUT2D eigenvalue weighted by Gasteiger charge is -2.17. The SMILES string of the molecule is COc1ccc2c(cc(C(=O)N3CC[C@H](c4ncc(C(N)=O)c(C)n4)C3)n2C)c1OC. The molecule has 0 aliphatic carbocycles. The molecule has 31 heavy (non-hydrogen) atoms. The van der Waals surface area contributed by atoms with Gasteiger partial charge in [0.1, 0.15) is 11.5 Å². The minimum atomic E-state index is -0.546. The number of likely N-dealkylation sites (tertiary alicyclic amines) is 1. The zero-order valence-electron chi connectivity index (χ0n) is 18.0. The fraction of sp³-hybridized carbons (Fsp3) is 0.364. The van der Waals surface area contributed by atoms with Crippen LogP contribution in [0.3, 0.4) is 0 Å². The summed E-state index contributed by atoms with van der Waals surface area (Å²) in [6.07, 6.45) is 2.22. The molecule has 1 aliphatic heterocycles. The van der Waals surface area contributed by atoms with Gasteiger partial charge >= 0.3 is 0 Å². The molecule has 0 spiro atoms. The average molecular weight is 423 g/mol. The van der Waals surface area contributed by atoms with Gasteiger partial charge in [-0.25, -0.2) is 9.97 Å². The number of rotatable bonds is 5. The number of nitrogens with zero attached hydrogens (tertiary/aromatic N) is 4. The molecule has 1 aliphatic rings. The number of ether oxygens (including phenoxy) is 2. The molecule has 3 heterocycles. The highest BCUT2D eigenvalue weighted by Gasteiger charge is 2.31. The van der Waals surface area contributed by atoms with Gasteiger partial charge in [0.15, 0.2) is 11.5 Å². The number of carbonyl (C=O) groups is 2. The number of aromatic nitrogens is 3. The normalized spacial score (nSPS) is 16.0. The molecule has 9 nitrogen and oxygen atoms in total. The molecule has 1 fully saturated rings. The molecular weight excluding hydrogens is 398 g/mol. The molecule has 0 bridgehead atoms.